The fourth-order valence-corrected chi connectivity index (χ4v) is 2.05. The van der Waals surface area contributed by atoms with E-state index in [4.69, 9.17) is 0 Å². The number of rotatable bonds is 4. The van der Waals surface area contributed by atoms with Gasteiger partial charge in [0.2, 0.25) is 0 Å². The third-order valence-electron chi connectivity index (χ3n) is 3.14. The average molecular weight is 282 g/mol. The molecule has 0 aliphatic heterocycles. The molecule has 106 valence electrons. The fourth-order valence-electron chi connectivity index (χ4n) is 2.05. The lowest BCUT2D eigenvalue weighted by Gasteiger charge is -2.11. The van der Waals surface area contributed by atoms with Crippen molar-refractivity contribution >= 4 is 5.91 Å². The molecule has 2 aromatic heterocycles. The van der Waals surface area contributed by atoms with Crippen molar-refractivity contribution < 1.29 is 4.79 Å². The van der Waals surface area contributed by atoms with Crippen molar-refractivity contribution in [3.05, 3.63) is 54.2 Å². The number of H-pyrrole nitrogens is 2. The van der Waals surface area contributed by atoms with Gasteiger partial charge in [0.05, 0.1) is 23.5 Å². The van der Waals surface area contributed by atoms with Gasteiger partial charge < -0.3 is 5.32 Å². The lowest BCUT2D eigenvalue weighted by molar-refractivity contribution is 0.0939. The quantitative estimate of drug-likeness (QED) is 0.678. The first-order valence-electron chi connectivity index (χ1n) is 6.50. The molecule has 3 N–H and O–H groups in total. The van der Waals surface area contributed by atoms with Gasteiger partial charge in [-0.2, -0.15) is 10.2 Å². The number of nitrogens with zero attached hydrogens (tertiary/aromatic N) is 3. The van der Waals surface area contributed by atoms with Crippen LogP contribution in [0.4, 0.5) is 0 Å². The number of aromatic amines is 2. The van der Waals surface area contributed by atoms with Crippen LogP contribution in [0.1, 0.15) is 29.1 Å². The van der Waals surface area contributed by atoms with E-state index < -0.39 is 0 Å². The summed E-state index contributed by atoms with van der Waals surface area (Å²) >= 11 is 0. The predicted octanol–water partition coefficient (Wildman–Crippen LogP) is 1.69. The molecule has 0 radical (unpaired) electrons. The minimum absolute atomic E-state index is 0.216. The van der Waals surface area contributed by atoms with Gasteiger partial charge in [0.15, 0.2) is 0 Å². The number of carbonyl (C=O) groups excluding carboxylic acids is 1. The van der Waals surface area contributed by atoms with Crippen LogP contribution in [0.15, 0.2) is 42.9 Å². The maximum absolute atomic E-state index is 12.4. The zero-order valence-corrected chi connectivity index (χ0v) is 11.4. The number of hydrogen-bond donors (Lipinski definition) is 3. The normalized spacial score (nSPS) is 12.0. The standard InChI is InChI=1S/C14H14N6O/c1-9(13-15-8-17-20-13)18-14(21)11-7-16-19-12(11)10-5-3-2-4-6-10/h2-9H,1H3,(H,16,19)(H,18,21)(H,15,17,20). The topological polar surface area (TPSA) is 99.3 Å². The van der Waals surface area contributed by atoms with Crippen LogP contribution in [0.3, 0.4) is 0 Å². The third-order valence-corrected chi connectivity index (χ3v) is 3.14. The molecule has 1 unspecified atom stereocenters. The molecule has 0 fully saturated rings. The first-order valence-corrected chi connectivity index (χ1v) is 6.50. The smallest absolute Gasteiger partial charge is 0.255 e. The van der Waals surface area contributed by atoms with E-state index in [9.17, 15) is 4.79 Å². The summed E-state index contributed by atoms with van der Waals surface area (Å²) < 4.78 is 0. The molecule has 0 spiro atoms. The van der Waals surface area contributed by atoms with Crippen molar-refractivity contribution in [2.24, 2.45) is 0 Å². The van der Waals surface area contributed by atoms with Crippen LogP contribution >= 0.6 is 0 Å². The Hall–Kier alpha value is -2.96. The zero-order valence-electron chi connectivity index (χ0n) is 11.4. The highest BCUT2D eigenvalue weighted by Crippen LogP contribution is 2.21. The van der Waals surface area contributed by atoms with E-state index in [0.717, 1.165) is 5.56 Å². The van der Waals surface area contributed by atoms with E-state index in [2.05, 4.69) is 30.7 Å². The number of aromatic nitrogens is 5. The maximum atomic E-state index is 12.4. The maximum Gasteiger partial charge on any atom is 0.255 e. The summed E-state index contributed by atoms with van der Waals surface area (Å²) in [6.07, 6.45) is 2.93. The third kappa shape index (κ3) is 2.66. The van der Waals surface area contributed by atoms with Gasteiger partial charge in [0, 0.05) is 5.56 Å². The van der Waals surface area contributed by atoms with Crippen LogP contribution in [0.2, 0.25) is 0 Å². The highest BCUT2D eigenvalue weighted by Gasteiger charge is 2.18. The lowest BCUT2D eigenvalue weighted by atomic mass is 10.1. The van der Waals surface area contributed by atoms with E-state index in [1.807, 2.05) is 37.3 Å². The van der Waals surface area contributed by atoms with E-state index >= 15 is 0 Å². The minimum Gasteiger partial charge on any atom is -0.342 e. The number of benzene rings is 1. The van der Waals surface area contributed by atoms with Crippen LogP contribution in [0.5, 0.6) is 0 Å². The predicted molar refractivity (Wildman–Crippen MR) is 76.3 cm³/mol. The molecule has 1 atom stereocenters. The summed E-state index contributed by atoms with van der Waals surface area (Å²) in [5, 5.41) is 16.2. The first kappa shape index (κ1) is 13.0. The number of hydrogen-bond acceptors (Lipinski definition) is 4. The molecule has 7 heteroatoms. The average Bonchev–Trinajstić information content (AvgIpc) is 3.19. The van der Waals surface area contributed by atoms with Gasteiger partial charge in [-0.3, -0.25) is 15.0 Å². The molecule has 0 aliphatic rings. The molecule has 0 saturated heterocycles. The van der Waals surface area contributed by atoms with Crippen LogP contribution in [0, 0.1) is 0 Å². The molecule has 0 aliphatic carbocycles. The highest BCUT2D eigenvalue weighted by molar-refractivity contribution is 5.99. The first-order chi connectivity index (χ1) is 10.3. The molecular formula is C14H14N6O. The molecular weight excluding hydrogens is 268 g/mol. The van der Waals surface area contributed by atoms with Crippen LogP contribution in [-0.4, -0.2) is 31.3 Å². The second-order valence-corrected chi connectivity index (χ2v) is 4.59. The lowest BCUT2D eigenvalue weighted by Crippen LogP contribution is -2.27. The van der Waals surface area contributed by atoms with E-state index in [1.54, 1.807) is 0 Å². The summed E-state index contributed by atoms with van der Waals surface area (Å²) in [7, 11) is 0. The monoisotopic (exact) mass is 282 g/mol. The summed E-state index contributed by atoms with van der Waals surface area (Å²) in [6, 6.07) is 9.32. The van der Waals surface area contributed by atoms with Gasteiger partial charge in [0.1, 0.15) is 12.2 Å². The van der Waals surface area contributed by atoms with Gasteiger partial charge in [0.25, 0.3) is 5.91 Å². The Balaban J connectivity index is 1.82. The molecule has 1 aromatic carbocycles. The Labute approximate surface area is 120 Å². The van der Waals surface area contributed by atoms with E-state index in [0.29, 0.717) is 17.1 Å². The van der Waals surface area contributed by atoms with Crippen molar-refractivity contribution in [1.29, 1.82) is 0 Å². The van der Waals surface area contributed by atoms with Crippen molar-refractivity contribution in [1.82, 2.24) is 30.7 Å². The second-order valence-electron chi connectivity index (χ2n) is 4.59. The highest BCUT2D eigenvalue weighted by atomic mass is 16.1. The summed E-state index contributed by atoms with van der Waals surface area (Å²) in [5.41, 5.74) is 2.10. The van der Waals surface area contributed by atoms with Crippen LogP contribution in [-0.2, 0) is 0 Å². The Morgan fingerprint density at radius 2 is 2.00 bits per heavy atom. The largest absolute Gasteiger partial charge is 0.342 e. The molecule has 2 heterocycles. The second kappa shape index (κ2) is 5.58. The van der Waals surface area contributed by atoms with Gasteiger partial charge in [-0.25, -0.2) is 4.98 Å². The SMILES string of the molecule is CC(NC(=O)c1cn[nH]c1-c1ccccc1)c1ncn[nH]1. The van der Waals surface area contributed by atoms with Gasteiger partial charge in [-0.05, 0) is 6.92 Å². The van der Waals surface area contributed by atoms with Crippen LogP contribution in [0.25, 0.3) is 11.3 Å². The van der Waals surface area contributed by atoms with Crippen molar-refractivity contribution in [3.63, 3.8) is 0 Å². The zero-order chi connectivity index (χ0) is 14.7. The van der Waals surface area contributed by atoms with Gasteiger partial charge in [-0.1, -0.05) is 30.3 Å². The number of nitrogens with one attached hydrogen (secondary N) is 3. The van der Waals surface area contributed by atoms with E-state index in [1.165, 1.54) is 12.5 Å². The van der Waals surface area contributed by atoms with E-state index in [-0.39, 0.29) is 11.9 Å². The van der Waals surface area contributed by atoms with Crippen molar-refractivity contribution in [3.8, 4) is 11.3 Å². The number of amides is 1. The number of carbonyl (C=O) groups is 1. The Kier molecular flexibility index (Phi) is 3.46. The molecule has 3 rings (SSSR count). The minimum atomic E-state index is -0.265. The molecule has 1 amide bonds. The Bertz CT molecular complexity index is 719. The molecule has 0 bridgehead atoms. The van der Waals surface area contributed by atoms with Crippen LogP contribution < -0.4 is 5.32 Å². The summed E-state index contributed by atoms with van der Waals surface area (Å²) in [4.78, 5) is 16.4. The van der Waals surface area contributed by atoms with Crippen molar-refractivity contribution in [2.75, 3.05) is 0 Å². The van der Waals surface area contributed by atoms with Crippen molar-refractivity contribution in [2.45, 2.75) is 13.0 Å². The molecule has 0 saturated carbocycles. The Morgan fingerprint density at radius 1 is 1.19 bits per heavy atom. The molecule has 3 aromatic rings. The molecule has 21 heavy (non-hydrogen) atoms. The summed E-state index contributed by atoms with van der Waals surface area (Å²) in [6.45, 7) is 1.83. The molecule has 7 nitrogen and oxygen atoms in total. The summed E-state index contributed by atoms with van der Waals surface area (Å²) in [5.74, 6) is 0.389. The Morgan fingerprint density at radius 3 is 2.71 bits per heavy atom. The van der Waals surface area contributed by atoms with Gasteiger partial charge in [-0.15, -0.1) is 0 Å². The fraction of sp³-hybridized carbons (Fsp3) is 0.143. The van der Waals surface area contributed by atoms with Gasteiger partial charge >= 0.3 is 0 Å².